The Balaban J connectivity index is 0.000001000. The van der Waals surface area contributed by atoms with Gasteiger partial charge in [-0.25, -0.2) is 0 Å². The monoisotopic (exact) mass is 249 g/mol. The standard InChI is InChI=1S/C4H5ClN4O.Y/c1-6-3-7-2(5)8-4(10)9-3;/h1H3,(H2,6,7,8,9,10);. The van der Waals surface area contributed by atoms with E-state index in [1.165, 1.54) is 0 Å². The molecule has 0 aromatic carbocycles. The number of nitrogens with one attached hydrogen (secondary N) is 1. The molecule has 0 unspecified atom stereocenters. The van der Waals surface area contributed by atoms with Crippen LogP contribution in [0.3, 0.4) is 0 Å². The van der Waals surface area contributed by atoms with Crippen LogP contribution in [0.2, 0.25) is 5.28 Å². The second-order valence-electron chi connectivity index (χ2n) is 1.48. The Morgan fingerprint density at radius 3 is 2.45 bits per heavy atom. The summed E-state index contributed by atoms with van der Waals surface area (Å²) < 4.78 is 0. The van der Waals surface area contributed by atoms with E-state index < -0.39 is 0 Å². The van der Waals surface area contributed by atoms with E-state index in [0.29, 0.717) is 0 Å². The largest absolute Gasteiger partial charge is 0.479 e. The van der Waals surface area contributed by atoms with Gasteiger partial charge in [0, 0.05) is 39.8 Å². The van der Waals surface area contributed by atoms with Crippen LogP contribution >= 0.6 is 11.6 Å². The minimum absolute atomic E-state index is 0. The summed E-state index contributed by atoms with van der Waals surface area (Å²) in [6.45, 7) is 0. The van der Waals surface area contributed by atoms with Gasteiger partial charge in [-0.1, -0.05) is 0 Å². The van der Waals surface area contributed by atoms with E-state index in [1.54, 1.807) is 7.05 Å². The summed E-state index contributed by atoms with van der Waals surface area (Å²) in [6, 6.07) is -0.385. The van der Waals surface area contributed by atoms with Crippen LogP contribution in [-0.2, 0) is 32.7 Å². The molecule has 1 aromatic heterocycles. The molecule has 0 bridgehead atoms. The van der Waals surface area contributed by atoms with Gasteiger partial charge in [-0.2, -0.15) is 15.0 Å². The number of halogens is 1. The minimum atomic E-state index is -0.385. The number of rotatable bonds is 1. The third-order valence-electron chi connectivity index (χ3n) is 0.820. The molecule has 0 aliphatic carbocycles. The molecule has 1 heterocycles. The molecule has 0 fully saturated rings. The molecule has 57 valence electrons. The van der Waals surface area contributed by atoms with Crippen molar-refractivity contribution in [1.82, 2.24) is 15.0 Å². The van der Waals surface area contributed by atoms with E-state index in [0.717, 1.165) is 0 Å². The molecule has 0 amide bonds. The number of aromatic hydroxyl groups is 1. The van der Waals surface area contributed by atoms with Gasteiger partial charge in [0.2, 0.25) is 11.2 Å². The molecule has 0 aliphatic heterocycles. The first-order valence-corrected chi connectivity index (χ1v) is 2.88. The van der Waals surface area contributed by atoms with Crippen molar-refractivity contribution >= 4 is 17.5 Å². The Bertz CT molecular complexity index is 225. The Hall–Kier alpha value is 0.00390. The minimum Gasteiger partial charge on any atom is -0.479 e. The molecule has 1 radical (unpaired) electrons. The molecule has 0 spiro atoms. The number of aromatic nitrogens is 3. The Morgan fingerprint density at radius 2 is 2.00 bits per heavy atom. The molecule has 11 heavy (non-hydrogen) atoms. The predicted octanol–water partition coefficient (Wildman–Crippen LogP) is 0.270. The van der Waals surface area contributed by atoms with E-state index >= 15 is 0 Å². The molecule has 0 atom stereocenters. The smallest absolute Gasteiger partial charge is 0.320 e. The predicted molar refractivity (Wildman–Crippen MR) is 36.0 cm³/mol. The van der Waals surface area contributed by atoms with Gasteiger partial charge in [-0.3, -0.25) is 0 Å². The molecule has 0 aliphatic rings. The summed E-state index contributed by atoms with van der Waals surface area (Å²) in [5, 5.41) is 11.3. The van der Waals surface area contributed by atoms with Gasteiger partial charge in [-0.05, 0) is 11.6 Å². The fourth-order valence-electron chi connectivity index (χ4n) is 0.451. The van der Waals surface area contributed by atoms with Crippen molar-refractivity contribution in [1.29, 1.82) is 0 Å². The van der Waals surface area contributed by atoms with Crippen LogP contribution in [0.25, 0.3) is 0 Å². The van der Waals surface area contributed by atoms with Gasteiger partial charge < -0.3 is 10.4 Å². The normalized spacial score (nSPS) is 8.55. The van der Waals surface area contributed by atoms with Crippen LogP contribution in [0.1, 0.15) is 0 Å². The van der Waals surface area contributed by atoms with E-state index in [9.17, 15) is 0 Å². The summed E-state index contributed by atoms with van der Waals surface area (Å²) in [4.78, 5) is 10.5. The average molecular weight is 249 g/mol. The third kappa shape index (κ3) is 3.27. The summed E-state index contributed by atoms with van der Waals surface area (Å²) in [5.41, 5.74) is 0. The topological polar surface area (TPSA) is 70.9 Å². The van der Waals surface area contributed by atoms with Crippen LogP contribution in [0.4, 0.5) is 5.95 Å². The van der Waals surface area contributed by atoms with Gasteiger partial charge in [-0.15, -0.1) is 0 Å². The summed E-state index contributed by atoms with van der Waals surface area (Å²) in [6.07, 6.45) is 0. The number of hydrogen-bond donors (Lipinski definition) is 2. The Kier molecular flexibility index (Phi) is 4.80. The van der Waals surface area contributed by atoms with Crippen molar-refractivity contribution in [3.05, 3.63) is 5.28 Å². The van der Waals surface area contributed by atoms with Crippen LogP contribution < -0.4 is 5.32 Å². The Morgan fingerprint density at radius 1 is 1.36 bits per heavy atom. The summed E-state index contributed by atoms with van der Waals surface area (Å²) >= 11 is 5.37. The van der Waals surface area contributed by atoms with Crippen LogP contribution in [0.15, 0.2) is 0 Å². The van der Waals surface area contributed by atoms with E-state index in [1.807, 2.05) is 0 Å². The molecule has 0 saturated carbocycles. The van der Waals surface area contributed by atoms with Crippen molar-refractivity contribution in [2.45, 2.75) is 0 Å². The van der Waals surface area contributed by atoms with Crippen molar-refractivity contribution in [2.75, 3.05) is 12.4 Å². The summed E-state index contributed by atoms with van der Waals surface area (Å²) in [5.74, 6) is 0.248. The van der Waals surface area contributed by atoms with Crippen molar-refractivity contribution < 1.29 is 37.8 Å². The van der Waals surface area contributed by atoms with Gasteiger partial charge in [0.05, 0.1) is 0 Å². The van der Waals surface area contributed by atoms with E-state index in [-0.39, 0.29) is 50.0 Å². The third-order valence-corrected chi connectivity index (χ3v) is 0.989. The van der Waals surface area contributed by atoms with Crippen molar-refractivity contribution in [3.8, 4) is 6.01 Å². The maximum absolute atomic E-state index is 8.74. The van der Waals surface area contributed by atoms with E-state index in [2.05, 4.69) is 20.3 Å². The number of nitrogens with zero attached hydrogens (tertiary/aromatic N) is 3. The fourth-order valence-corrected chi connectivity index (χ4v) is 0.607. The maximum atomic E-state index is 8.74. The van der Waals surface area contributed by atoms with Gasteiger partial charge in [0.25, 0.3) is 0 Å². The molecule has 2 N–H and O–H groups in total. The summed E-state index contributed by atoms with van der Waals surface area (Å²) in [7, 11) is 1.62. The van der Waals surface area contributed by atoms with Crippen molar-refractivity contribution in [3.63, 3.8) is 0 Å². The first-order chi connectivity index (χ1) is 4.72. The molecule has 5 nitrogen and oxygen atoms in total. The SMILES string of the molecule is CNc1nc(O)nc(Cl)n1.[Y]. The van der Waals surface area contributed by atoms with Gasteiger partial charge >= 0.3 is 6.01 Å². The van der Waals surface area contributed by atoms with Gasteiger partial charge in [0.1, 0.15) is 0 Å². The molecule has 7 heteroatoms. The number of anilines is 1. The molecule has 1 rings (SSSR count). The second-order valence-corrected chi connectivity index (χ2v) is 1.82. The van der Waals surface area contributed by atoms with Gasteiger partial charge in [0.15, 0.2) is 0 Å². The average Bonchev–Trinajstić information content (AvgIpc) is 1.85. The zero-order valence-corrected chi connectivity index (χ0v) is 9.34. The van der Waals surface area contributed by atoms with Crippen molar-refractivity contribution in [2.24, 2.45) is 0 Å². The van der Waals surface area contributed by atoms with Crippen LogP contribution in [0, 0.1) is 0 Å². The molecule has 1 aromatic rings. The van der Waals surface area contributed by atoms with E-state index in [4.69, 9.17) is 16.7 Å². The maximum Gasteiger partial charge on any atom is 0.320 e. The first kappa shape index (κ1) is 11.0. The quantitative estimate of drug-likeness (QED) is 0.747. The fraction of sp³-hybridized carbons (Fsp3) is 0.250. The first-order valence-electron chi connectivity index (χ1n) is 2.50. The molecule has 0 saturated heterocycles. The Labute approximate surface area is 93.5 Å². The molecular weight excluding hydrogens is 244 g/mol. The zero-order valence-electron chi connectivity index (χ0n) is 5.74. The number of hydrogen-bond acceptors (Lipinski definition) is 5. The molecular formula is C4H5ClN4OY. The van der Waals surface area contributed by atoms with Crippen LogP contribution in [0.5, 0.6) is 6.01 Å². The van der Waals surface area contributed by atoms with Crippen LogP contribution in [-0.4, -0.2) is 27.1 Å². The zero-order chi connectivity index (χ0) is 7.56. The second kappa shape index (κ2) is 4.80.